The second kappa shape index (κ2) is 60.0. The lowest BCUT2D eigenvalue weighted by molar-refractivity contribution is -0.167. The third-order valence-electron chi connectivity index (χ3n) is 14.9. The highest BCUT2D eigenvalue weighted by Crippen LogP contribution is 2.19. The Morgan fingerprint density at radius 1 is 0.229 bits per heavy atom. The number of rotatable bonds is 60. The highest BCUT2D eigenvalue weighted by Gasteiger charge is 2.19. The first kappa shape index (κ1) is 68.4. The van der Waals surface area contributed by atoms with E-state index in [4.69, 9.17) is 14.2 Å². The van der Waals surface area contributed by atoms with Crippen molar-refractivity contribution in [3.8, 4) is 0 Å². The van der Waals surface area contributed by atoms with E-state index in [2.05, 4.69) is 20.8 Å². The second-order valence-electron chi connectivity index (χ2n) is 22.1. The van der Waals surface area contributed by atoms with Crippen molar-refractivity contribution in [1.82, 2.24) is 0 Å². The minimum Gasteiger partial charge on any atom is -0.462 e. The monoisotopic (exact) mass is 989 g/mol. The molecule has 0 N–H and O–H groups in total. The third-order valence-corrected chi connectivity index (χ3v) is 14.9. The summed E-state index contributed by atoms with van der Waals surface area (Å²) in [5.41, 5.74) is 0. The van der Waals surface area contributed by atoms with Crippen molar-refractivity contribution in [3.05, 3.63) is 0 Å². The molecule has 0 aliphatic rings. The maximum absolute atomic E-state index is 12.9. The van der Waals surface area contributed by atoms with Gasteiger partial charge in [0.15, 0.2) is 6.10 Å². The highest BCUT2D eigenvalue weighted by atomic mass is 16.6. The van der Waals surface area contributed by atoms with Crippen LogP contribution in [0.25, 0.3) is 0 Å². The van der Waals surface area contributed by atoms with Crippen LogP contribution in [0.3, 0.4) is 0 Å². The van der Waals surface area contributed by atoms with E-state index in [1.807, 2.05) is 0 Å². The predicted molar refractivity (Wildman–Crippen MR) is 303 cm³/mol. The summed E-state index contributed by atoms with van der Waals surface area (Å²) in [4.78, 5) is 38.2. The molecular formula is C64H124O6. The molecule has 0 amide bonds. The standard InChI is InChI=1S/C64H124O6/c1-4-7-10-13-16-19-22-24-26-28-29-30-31-32-33-34-35-36-38-39-42-45-48-51-54-57-63(66)69-60-61(59-68-62(65)56-53-50-47-44-41-21-18-15-12-9-6-3)70-64(67)58-55-52-49-46-43-40-37-27-25-23-20-17-14-11-8-5-2/h61H,4-60H2,1-3H3. The van der Waals surface area contributed by atoms with E-state index in [9.17, 15) is 14.4 Å². The Hall–Kier alpha value is -1.59. The largest absolute Gasteiger partial charge is 0.462 e. The molecule has 0 saturated heterocycles. The van der Waals surface area contributed by atoms with Crippen LogP contribution < -0.4 is 0 Å². The van der Waals surface area contributed by atoms with Crippen LogP contribution in [0.4, 0.5) is 0 Å². The topological polar surface area (TPSA) is 78.9 Å². The van der Waals surface area contributed by atoms with Crippen LogP contribution in [0.15, 0.2) is 0 Å². The van der Waals surface area contributed by atoms with Crippen LogP contribution in [0.5, 0.6) is 0 Å². The van der Waals surface area contributed by atoms with Gasteiger partial charge in [-0.15, -0.1) is 0 Å². The molecule has 0 aromatic heterocycles. The molecule has 0 aromatic carbocycles. The number of ether oxygens (including phenoxy) is 3. The molecule has 0 aliphatic heterocycles. The van der Waals surface area contributed by atoms with Crippen LogP contribution >= 0.6 is 0 Å². The zero-order valence-electron chi connectivity index (χ0n) is 47.8. The van der Waals surface area contributed by atoms with E-state index >= 15 is 0 Å². The Labute approximate surface area is 438 Å². The summed E-state index contributed by atoms with van der Waals surface area (Å²) in [6.07, 6.45) is 68.3. The van der Waals surface area contributed by atoms with Gasteiger partial charge in [0.2, 0.25) is 0 Å². The Balaban J connectivity index is 4.14. The van der Waals surface area contributed by atoms with E-state index in [1.54, 1.807) is 0 Å². The lowest BCUT2D eigenvalue weighted by Gasteiger charge is -2.18. The minimum absolute atomic E-state index is 0.0608. The summed E-state index contributed by atoms with van der Waals surface area (Å²) >= 11 is 0. The molecule has 70 heavy (non-hydrogen) atoms. The molecule has 0 heterocycles. The fourth-order valence-corrected chi connectivity index (χ4v) is 10.0. The summed E-state index contributed by atoms with van der Waals surface area (Å²) in [5.74, 6) is -0.829. The molecule has 0 radical (unpaired) electrons. The number of hydrogen-bond donors (Lipinski definition) is 0. The van der Waals surface area contributed by atoms with Crippen molar-refractivity contribution >= 4 is 17.9 Å². The van der Waals surface area contributed by atoms with Gasteiger partial charge in [-0.05, 0) is 19.3 Å². The minimum atomic E-state index is -0.761. The van der Waals surface area contributed by atoms with E-state index < -0.39 is 6.10 Å². The quantitative estimate of drug-likeness (QED) is 0.0343. The van der Waals surface area contributed by atoms with Crippen molar-refractivity contribution in [2.45, 2.75) is 380 Å². The Kier molecular flexibility index (Phi) is 58.6. The third kappa shape index (κ3) is 57.3. The number of hydrogen-bond acceptors (Lipinski definition) is 6. The smallest absolute Gasteiger partial charge is 0.306 e. The lowest BCUT2D eigenvalue weighted by Crippen LogP contribution is -2.30. The average molecular weight is 990 g/mol. The zero-order chi connectivity index (χ0) is 50.7. The Bertz CT molecular complexity index is 1040. The van der Waals surface area contributed by atoms with Crippen molar-refractivity contribution in [2.24, 2.45) is 0 Å². The van der Waals surface area contributed by atoms with Crippen LogP contribution in [-0.2, 0) is 28.6 Å². The molecule has 0 bridgehead atoms. The average Bonchev–Trinajstić information content (AvgIpc) is 3.36. The summed E-state index contributed by atoms with van der Waals surface area (Å²) in [5, 5.41) is 0. The van der Waals surface area contributed by atoms with E-state index in [0.717, 1.165) is 57.8 Å². The van der Waals surface area contributed by atoms with E-state index in [0.29, 0.717) is 19.3 Å². The zero-order valence-corrected chi connectivity index (χ0v) is 47.8. The Morgan fingerprint density at radius 2 is 0.386 bits per heavy atom. The van der Waals surface area contributed by atoms with Crippen molar-refractivity contribution in [3.63, 3.8) is 0 Å². The maximum Gasteiger partial charge on any atom is 0.306 e. The van der Waals surface area contributed by atoms with Gasteiger partial charge in [-0.25, -0.2) is 0 Å². The molecule has 0 saturated carbocycles. The molecule has 0 rings (SSSR count). The number of carbonyl (C=O) groups excluding carboxylic acids is 3. The fourth-order valence-electron chi connectivity index (χ4n) is 10.0. The normalized spacial score (nSPS) is 11.9. The van der Waals surface area contributed by atoms with Crippen molar-refractivity contribution < 1.29 is 28.6 Å². The van der Waals surface area contributed by atoms with Crippen LogP contribution in [-0.4, -0.2) is 37.2 Å². The van der Waals surface area contributed by atoms with Gasteiger partial charge in [-0.2, -0.15) is 0 Å². The molecule has 0 fully saturated rings. The predicted octanol–water partition coefficient (Wildman–Crippen LogP) is 21.5. The second-order valence-corrected chi connectivity index (χ2v) is 22.1. The van der Waals surface area contributed by atoms with Gasteiger partial charge in [0.1, 0.15) is 13.2 Å². The Morgan fingerprint density at radius 3 is 0.571 bits per heavy atom. The SMILES string of the molecule is CCCCCCCCCCCCCCCCCCCCCCCCCCCC(=O)OCC(COC(=O)CCCCCCCCCCCCC)OC(=O)CCCCCCCCCCCCCCCCCC. The van der Waals surface area contributed by atoms with E-state index in [-0.39, 0.29) is 31.1 Å². The molecular weight excluding hydrogens is 865 g/mol. The molecule has 1 atom stereocenters. The number of carbonyl (C=O) groups is 3. The summed E-state index contributed by atoms with van der Waals surface area (Å²) in [6, 6.07) is 0. The first-order valence-electron chi connectivity index (χ1n) is 32.0. The van der Waals surface area contributed by atoms with E-state index in [1.165, 1.54) is 276 Å². The van der Waals surface area contributed by atoms with Crippen molar-refractivity contribution in [2.75, 3.05) is 13.2 Å². The molecule has 0 spiro atoms. The van der Waals surface area contributed by atoms with Gasteiger partial charge in [-0.3, -0.25) is 14.4 Å². The molecule has 0 aliphatic carbocycles. The lowest BCUT2D eigenvalue weighted by atomic mass is 10.0. The highest BCUT2D eigenvalue weighted by molar-refractivity contribution is 5.71. The summed E-state index contributed by atoms with van der Waals surface area (Å²) < 4.78 is 16.9. The number of esters is 3. The first-order chi connectivity index (χ1) is 34.5. The molecule has 6 nitrogen and oxygen atoms in total. The van der Waals surface area contributed by atoms with Gasteiger partial charge in [0, 0.05) is 19.3 Å². The van der Waals surface area contributed by atoms with Crippen LogP contribution in [0.2, 0.25) is 0 Å². The van der Waals surface area contributed by atoms with Gasteiger partial charge in [0.05, 0.1) is 0 Å². The fraction of sp³-hybridized carbons (Fsp3) is 0.953. The van der Waals surface area contributed by atoms with Crippen LogP contribution in [0, 0.1) is 0 Å². The van der Waals surface area contributed by atoms with Crippen LogP contribution in [0.1, 0.15) is 374 Å². The molecule has 416 valence electrons. The van der Waals surface area contributed by atoms with Gasteiger partial charge >= 0.3 is 17.9 Å². The molecule has 0 aromatic rings. The summed E-state index contributed by atoms with van der Waals surface area (Å²) in [7, 11) is 0. The van der Waals surface area contributed by atoms with Gasteiger partial charge < -0.3 is 14.2 Å². The number of unbranched alkanes of at least 4 members (excludes halogenated alkanes) is 49. The molecule has 6 heteroatoms. The first-order valence-corrected chi connectivity index (χ1v) is 32.0. The summed E-state index contributed by atoms with van der Waals surface area (Å²) in [6.45, 7) is 6.71. The molecule has 1 unspecified atom stereocenters. The van der Waals surface area contributed by atoms with Crippen molar-refractivity contribution in [1.29, 1.82) is 0 Å². The van der Waals surface area contributed by atoms with Gasteiger partial charge in [0.25, 0.3) is 0 Å². The van der Waals surface area contributed by atoms with Gasteiger partial charge in [-0.1, -0.05) is 335 Å². The maximum atomic E-state index is 12.9.